The highest BCUT2D eigenvalue weighted by Crippen LogP contribution is 2.19. The first-order valence-corrected chi connectivity index (χ1v) is 6.27. The van der Waals surface area contributed by atoms with E-state index in [0.29, 0.717) is 0 Å². The van der Waals surface area contributed by atoms with E-state index in [0.717, 1.165) is 16.7 Å². The number of hydrogen-bond acceptors (Lipinski definition) is 3. The molecular weight excluding hydrogens is 236 g/mol. The molecule has 0 saturated carbocycles. The fourth-order valence-electron chi connectivity index (χ4n) is 1.55. The summed E-state index contributed by atoms with van der Waals surface area (Å²) in [7, 11) is -2.78. The maximum Gasteiger partial charge on any atom is 0.257 e. The monoisotopic (exact) mass is 248 g/mol. The quantitative estimate of drug-likeness (QED) is 0.845. The summed E-state index contributed by atoms with van der Waals surface area (Å²) in [5.74, 6) is 0. The van der Waals surface area contributed by atoms with Gasteiger partial charge in [-0.3, -0.25) is 4.18 Å². The van der Waals surface area contributed by atoms with E-state index in [1.807, 2.05) is 54.6 Å². The molecule has 4 heteroatoms. The first-order chi connectivity index (χ1) is 8.25. The average Bonchev–Trinajstić information content (AvgIpc) is 2.38. The third-order valence-corrected chi connectivity index (χ3v) is 2.74. The highest BCUT2D eigenvalue weighted by Gasteiger charge is 1.98. The Balaban J connectivity index is 2.13. The lowest BCUT2D eigenvalue weighted by Crippen LogP contribution is -1.90. The lowest BCUT2D eigenvalue weighted by Gasteiger charge is -2.03. The third kappa shape index (κ3) is 3.41. The largest absolute Gasteiger partial charge is 0.267 e. The van der Waals surface area contributed by atoms with Crippen molar-refractivity contribution in [2.45, 2.75) is 6.61 Å². The van der Waals surface area contributed by atoms with Crippen molar-refractivity contribution < 1.29 is 12.6 Å². The molecule has 0 aliphatic rings. The van der Waals surface area contributed by atoms with Crippen LogP contribution in [-0.4, -0.2) is 8.42 Å². The molecule has 3 nitrogen and oxygen atoms in total. The van der Waals surface area contributed by atoms with Crippen LogP contribution in [0.15, 0.2) is 54.6 Å². The molecule has 0 aliphatic heterocycles. The van der Waals surface area contributed by atoms with E-state index in [1.54, 1.807) is 0 Å². The van der Waals surface area contributed by atoms with Gasteiger partial charge in [-0.15, -0.1) is 0 Å². The van der Waals surface area contributed by atoms with Gasteiger partial charge in [0.25, 0.3) is 11.0 Å². The summed E-state index contributed by atoms with van der Waals surface area (Å²) in [6, 6.07) is 17.6. The summed E-state index contributed by atoms with van der Waals surface area (Å²) >= 11 is 0. The number of rotatable bonds is 4. The molecule has 0 aromatic heterocycles. The lowest BCUT2D eigenvalue weighted by molar-refractivity contribution is 0.323. The van der Waals surface area contributed by atoms with E-state index in [1.165, 1.54) is 0 Å². The van der Waals surface area contributed by atoms with Crippen LogP contribution in [0, 0.1) is 0 Å². The van der Waals surface area contributed by atoms with Crippen molar-refractivity contribution in [2.24, 2.45) is 0 Å². The van der Waals surface area contributed by atoms with Crippen LogP contribution in [0.1, 0.15) is 5.56 Å². The number of benzene rings is 2. The first-order valence-electron chi connectivity index (χ1n) is 5.17. The Labute approximate surface area is 102 Å². The molecule has 2 rings (SSSR count). The van der Waals surface area contributed by atoms with Gasteiger partial charge in [-0.1, -0.05) is 54.6 Å². The zero-order chi connectivity index (χ0) is 12.1. The second-order valence-electron chi connectivity index (χ2n) is 3.56. The van der Waals surface area contributed by atoms with E-state index in [-0.39, 0.29) is 6.61 Å². The molecule has 0 radical (unpaired) electrons. The predicted octanol–water partition coefficient (Wildman–Crippen LogP) is 2.40. The van der Waals surface area contributed by atoms with Gasteiger partial charge in [0.15, 0.2) is 0 Å². The standard InChI is InChI=1S/C13H12O3S/c14-17(15)16-10-11-6-8-13(9-7-11)12-4-2-1-3-5-12/h1-9,17H,10H2. The molecule has 0 bridgehead atoms. The molecule has 0 heterocycles. The smallest absolute Gasteiger partial charge is 0.257 e. The van der Waals surface area contributed by atoms with Crippen molar-refractivity contribution in [3.8, 4) is 11.1 Å². The normalized spacial score (nSPS) is 10.6. The third-order valence-electron chi connectivity index (χ3n) is 2.40. The molecule has 0 spiro atoms. The lowest BCUT2D eigenvalue weighted by atomic mass is 10.0. The second kappa shape index (κ2) is 5.61. The van der Waals surface area contributed by atoms with E-state index < -0.39 is 11.0 Å². The molecule has 0 aliphatic carbocycles. The Morgan fingerprint density at radius 3 is 2.00 bits per heavy atom. The molecule has 2 aromatic rings. The van der Waals surface area contributed by atoms with Crippen LogP contribution in [0.4, 0.5) is 0 Å². The molecule has 88 valence electrons. The second-order valence-corrected chi connectivity index (χ2v) is 4.27. The van der Waals surface area contributed by atoms with Crippen molar-refractivity contribution in [3.63, 3.8) is 0 Å². The van der Waals surface area contributed by atoms with Gasteiger partial charge < -0.3 is 0 Å². The SMILES string of the molecule is O=[SH](=O)OCc1ccc(-c2ccccc2)cc1. The first kappa shape index (κ1) is 11.8. The highest BCUT2D eigenvalue weighted by atomic mass is 32.2. The van der Waals surface area contributed by atoms with Gasteiger partial charge >= 0.3 is 0 Å². The summed E-state index contributed by atoms with van der Waals surface area (Å²) < 4.78 is 25.1. The van der Waals surface area contributed by atoms with Crippen LogP contribution in [0.5, 0.6) is 0 Å². The molecule has 0 saturated heterocycles. The summed E-state index contributed by atoms with van der Waals surface area (Å²) in [5, 5.41) is 0. The predicted molar refractivity (Wildman–Crippen MR) is 67.0 cm³/mol. The Bertz CT molecular complexity index is 537. The molecule has 0 N–H and O–H groups in total. The van der Waals surface area contributed by atoms with E-state index in [9.17, 15) is 8.42 Å². The van der Waals surface area contributed by atoms with Gasteiger partial charge in [-0.25, -0.2) is 8.42 Å². The number of hydrogen-bond donors (Lipinski definition) is 1. The van der Waals surface area contributed by atoms with Gasteiger partial charge in [0.2, 0.25) is 0 Å². The Morgan fingerprint density at radius 1 is 0.824 bits per heavy atom. The van der Waals surface area contributed by atoms with Crippen LogP contribution >= 0.6 is 0 Å². The van der Waals surface area contributed by atoms with Crippen molar-refractivity contribution in [1.82, 2.24) is 0 Å². The molecule has 0 unspecified atom stereocenters. The van der Waals surface area contributed by atoms with Crippen molar-refractivity contribution in [1.29, 1.82) is 0 Å². The minimum absolute atomic E-state index is 0.0910. The van der Waals surface area contributed by atoms with Crippen molar-refractivity contribution in [2.75, 3.05) is 0 Å². The summed E-state index contributed by atoms with van der Waals surface area (Å²) in [6.07, 6.45) is 0. The van der Waals surface area contributed by atoms with E-state index in [4.69, 9.17) is 0 Å². The van der Waals surface area contributed by atoms with Gasteiger partial charge in [-0.2, -0.15) is 0 Å². The van der Waals surface area contributed by atoms with Gasteiger partial charge in [0.05, 0.1) is 6.61 Å². The van der Waals surface area contributed by atoms with Crippen molar-refractivity contribution >= 4 is 11.0 Å². The number of thiol groups is 1. The van der Waals surface area contributed by atoms with Crippen LogP contribution in [0.3, 0.4) is 0 Å². The molecular formula is C13H12O3S. The Kier molecular flexibility index (Phi) is 3.90. The summed E-state index contributed by atoms with van der Waals surface area (Å²) in [6.45, 7) is 0.0910. The summed E-state index contributed by atoms with van der Waals surface area (Å²) in [4.78, 5) is 0. The average molecular weight is 248 g/mol. The molecule has 0 atom stereocenters. The van der Waals surface area contributed by atoms with Gasteiger partial charge in [0, 0.05) is 0 Å². The zero-order valence-electron chi connectivity index (χ0n) is 9.08. The van der Waals surface area contributed by atoms with Gasteiger partial charge in [-0.05, 0) is 16.7 Å². The molecule has 0 fully saturated rings. The highest BCUT2D eigenvalue weighted by molar-refractivity contribution is 7.67. The molecule has 2 aromatic carbocycles. The fraction of sp³-hybridized carbons (Fsp3) is 0.0769. The van der Waals surface area contributed by atoms with E-state index in [2.05, 4.69) is 4.18 Å². The minimum atomic E-state index is -2.78. The van der Waals surface area contributed by atoms with Crippen LogP contribution in [-0.2, 0) is 21.8 Å². The summed E-state index contributed by atoms with van der Waals surface area (Å²) in [5.41, 5.74) is 3.07. The van der Waals surface area contributed by atoms with Crippen molar-refractivity contribution in [3.05, 3.63) is 60.2 Å². The van der Waals surface area contributed by atoms with Crippen LogP contribution < -0.4 is 0 Å². The molecule has 17 heavy (non-hydrogen) atoms. The maximum atomic E-state index is 10.3. The Morgan fingerprint density at radius 2 is 1.41 bits per heavy atom. The topological polar surface area (TPSA) is 43.4 Å². The fourth-order valence-corrected chi connectivity index (χ4v) is 1.81. The maximum absolute atomic E-state index is 10.3. The minimum Gasteiger partial charge on any atom is -0.267 e. The van der Waals surface area contributed by atoms with E-state index >= 15 is 0 Å². The molecule has 0 amide bonds. The van der Waals surface area contributed by atoms with Gasteiger partial charge in [0.1, 0.15) is 0 Å². The van der Waals surface area contributed by atoms with Crippen LogP contribution in [0.2, 0.25) is 0 Å². The zero-order valence-corrected chi connectivity index (χ0v) is 9.97. The van der Waals surface area contributed by atoms with Crippen LogP contribution in [0.25, 0.3) is 11.1 Å². The Hall–Kier alpha value is -1.65.